The Hall–Kier alpha value is -1.18. The molecule has 0 saturated carbocycles. The second-order valence-electron chi connectivity index (χ2n) is 4.76. The highest BCUT2D eigenvalue weighted by atomic mass is 127. The van der Waals surface area contributed by atoms with Gasteiger partial charge in [0, 0.05) is 6.54 Å². The Morgan fingerprint density at radius 1 is 1.37 bits per heavy atom. The zero-order valence-corrected chi connectivity index (χ0v) is 13.5. The zero-order chi connectivity index (χ0) is 14.0. The third kappa shape index (κ3) is 2.88. The maximum absolute atomic E-state index is 6.00. The number of hydrogen-bond donors (Lipinski definition) is 1. The number of nitrogens with zero attached hydrogens (tertiary/aromatic N) is 4. The van der Waals surface area contributed by atoms with Crippen LogP contribution in [0.4, 0.5) is 5.82 Å². The van der Waals surface area contributed by atoms with Crippen molar-refractivity contribution in [3.05, 3.63) is 21.8 Å². The van der Waals surface area contributed by atoms with Gasteiger partial charge in [0.2, 0.25) is 0 Å². The number of halogens is 1. The Kier molecular flexibility index (Phi) is 4.38. The van der Waals surface area contributed by atoms with Crippen LogP contribution >= 0.6 is 22.6 Å². The van der Waals surface area contributed by atoms with Crippen LogP contribution in [-0.2, 0) is 6.54 Å². The minimum Gasteiger partial charge on any atom is -0.383 e. The van der Waals surface area contributed by atoms with Crippen molar-refractivity contribution in [1.29, 1.82) is 0 Å². The van der Waals surface area contributed by atoms with Gasteiger partial charge in [-0.15, -0.1) is 0 Å². The lowest BCUT2D eigenvalue weighted by molar-refractivity contribution is 0.680. The van der Waals surface area contributed by atoms with Gasteiger partial charge < -0.3 is 10.3 Å². The summed E-state index contributed by atoms with van der Waals surface area (Å²) in [6.07, 6.45) is 4.65. The van der Waals surface area contributed by atoms with E-state index in [0.717, 1.165) is 27.9 Å². The largest absolute Gasteiger partial charge is 0.383 e. The third-order valence-corrected chi connectivity index (χ3v) is 3.96. The highest BCUT2D eigenvalue weighted by Gasteiger charge is 2.16. The van der Waals surface area contributed by atoms with Crippen molar-refractivity contribution in [1.82, 2.24) is 19.5 Å². The molecule has 0 aliphatic carbocycles. The fourth-order valence-corrected chi connectivity index (χ4v) is 2.77. The van der Waals surface area contributed by atoms with Gasteiger partial charge in [0.25, 0.3) is 0 Å². The molecule has 0 aromatic carbocycles. The predicted molar refractivity (Wildman–Crippen MR) is 84.8 cm³/mol. The van der Waals surface area contributed by atoms with Crippen molar-refractivity contribution >= 4 is 28.4 Å². The summed E-state index contributed by atoms with van der Waals surface area (Å²) in [5, 5.41) is 0. The predicted octanol–water partition coefficient (Wildman–Crippen LogP) is 3.06. The van der Waals surface area contributed by atoms with E-state index < -0.39 is 0 Å². The van der Waals surface area contributed by atoms with E-state index in [-0.39, 0.29) is 0 Å². The van der Waals surface area contributed by atoms with Gasteiger partial charge in [0.15, 0.2) is 5.82 Å². The lowest BCUT2D eigenvalue weighted by Crippen LogP contribution is -2.08. The molecule has 2 aromatic heterocycles. The first-order valence-electron chi connectivity index (χ1n) is 6.38. The van der Waals surface area contributed by atoms with Gasteiger partial charge in [-0.2, -0.15) is 0 Å². The second kappa shape index (κ2) is 5.85. The van der Waals surface area contributed by atoms with Crippen molar-refractivity contribution in [2.24, 2.45) is 0 Å². The molecule has 2 N–H and O–H groups in total. The Balaban J connectivity index is 2.53. The van der Waals surface area contributed by atoms with E-state index in [1.165, 1.54) is 0 Å². The normalized spacial score (nSPS) is 11.2. The summed E-state index contributed by atoms with van der Waals surface area (Å²) in [6.45, 7) is 7.25. The molecule has 19 heavy (non-hydrogen) atoms. The Labute approximate surface area is 126 Å². The first-order valence-corrected chi connectivity index (χ1v) is 7.45. The highest BCUT2D eigenvalue weighted by Crippen LogP contribution is 2.26. The van der Waals surface area contributed by atoms with Crippen LogP contribution in [0.2, 0.25) is 0 Å². The monoisotopic (exact) mass is 371 g/mol. The summed E-state index contributed by atoms with van der Waals surface area (Å²) in [6, 6.07) is 0. The van der Waals surface area contributed by atoms with Gasteiger partial charge in [-0.3, -0.25) is 0 Å². The van der Waals surface area contributed by atoms with Crippen molar-refractivity contribution < 1.29 is 0 Å². The van der Waals surface area contributed by atoms with E-state index in [1.54, 1.807) is 6.20 Å². The Morgan fingerprint density at radius 3 is 2.74 bits per heavy atom. The fraction of sp³-hybridized carbons (Fsp3) is 0.462. The summed E-state index contributed by atoms with van der Waals surface area (Å²) in [7, 11) is 0. The fourth-order valence-electron chi connectivity index (χ4n) is 1.91. The minimum absolute atomic E-state index is 0.318. The Morgan fingerprint density at radius 2 is 2.11 bits per heavy atom. The van der Waals surface area contributed by atoms with Crippen LogP contribution < -0.4 is 5.73 Å². The average molecular weight is 371 g/mol. The van der Waals surface area contributed by atoms with E-state index >= 15 is 0 Å². The maximum Gasteiger partial charge on any atom is 0.180 e. The van der Waals surface area contributed by atoms with Gasteiger partial charge in [-0.05, 0) is 34.9 Å². The van der Waals surface area contributed by atoms with Crippen molar-refractivity contribution in [3.63, 3.8) is 0 Å². The van der Waals surface area contributed by atoms with E-state index in [0.29, 0.717) is 17.6 Å². The second-order valence-corrected chi connectivity index (χ2v) is 5.84. The van der Waals surface area contributed by atoms with Crippen molar-refractivity contribution in [2.75, 3.05) is 5.73 Å². The Bertz CT molecular complexity index is 576. The number of nitrogen functional groups attached to an aromatic ring is 1. The van der Waals surface area contributed by atoms with E-state index in [4.69, 9.17) is 5.73 Å². The topological polar surface area (TPSA) is 69.6 Å². The minimum atomic E-state index is 0.318. The summed E-state index contributed by atoms with van der Waals surface area (Å²) in [4.78, 5) is 13.2. The standard InChI is InChI=1S/C13H18IN5/c1-4-5-19-7-16-6-9(19)13-17-11(8(2)3)10(14)12(15)18-13/h6-8H,4-5H2,1-3H3,(H2,15,17,18). The number of anilines is 1. The molecule has 0 saturated heterocycles. The van der Waals surface area contributed by atoms with Crippen LogP contribution in [-0.4, -0.2) is 19.5 Å². The molecular weight excluding hydrogens is 353 g/mol. The molecule has 0 radical (unpaired) electrons. The molecule has 0 bridgehead atoms. The number of aryl methyl sites for hydroxylation is 1. The smallest absolute Gasteiger partial charge is 0.180 e. The molecule has 6 heteroatoms. The number of nitrogens with two attached hydrogens (primary N) is 1. The van der Waals surface area contributed by atoms with E-state index in [2.05, 4.69) is 62.9 Å². The van der Waals surface area contributed by atoms with Crippen LogP contribution in [0.1, 0.15) is 38.8 Å². The van der Waals surface area contributed by atoms with Crippen molar-refractivity contribution in [2.45, 2.75) is 39.7 Å². The first kappa shape index (κ1) is 14.2. The van der Waals surface area contributed by atoms with Gasteiger partial charge >= 0.3 is 0 Å². The number of hydrogen-bond acceptors (Lipinski definition) is 4. The molecule has 0 aliphatic heterocycles. The first-order chi connectivity index (χ1) is 9.04. The maximum atomic E-state index is 6.00. The summed E-state index contributed by atoms with van der Waals surface area (Å²) >= 11 is 2.21. The number of imidazole rings is 1. The van der Waals surface area contributed by atoms with Crippen LogP contribution in [0.5, 0.6) is 0 Å². The summed E-state index contributed by atoms with van der Waals surface area (Å²) in [5.74, 6) is 1.52. The SMILES string of the molecule is CCCn1cncc1-c1nc(N)c(I)c(C(C)C)n1. The van der Waals surface area contributed by atoms with Crippen LogP contribution in [0.15, 0.2) is 12.5 Å². The van der Waals surface area contributed by atoms with E-state index in [1.807, 2.05) is 6.33 Å². The molecule has 0 unspecified atom stereocenters. The van der Waals surface area contributed by atoms with Crippen LogP contribution in [0.25, 0.3) is 11.5 Å². The van der Waals surface area contributed by atoms with Crippen LogP contribution in [0, 0.1) is 3.57 Å². The molecule has 0 amide bonds. The molecule has 5 nitrogen and oxygen atoms in total. The lowest BCUT2D eigenvalue weighted by atomic mass is 10.1. The lowest BCUT2D eigenvalue weighted by Gasteiger charge is -2.12. The van der Waals surface area contributed by atoms with E-state index in [9.17, 15) is 0 Å². The number of rotatable bonds is 4. The van der Waals surface area contributed by atoms with Gasteiger partial charge in [-0.25, -0.2) is 15.0 Å². The highest BCUT2D eigenvalue weighted by molar-refractivity contribution is 14.1. The summed E-state index contributed by atoms with van der Waals surface area (Å²) in [5.41, 5.74) is 7.92. The third-order valence-electron chi connectivity index (χ3n) is 2.86. The van der Waals surface area contributed by atoms with Gasteiger partial charge in [0.1, 0.15) is 11.5 Å². The van der Waals surface area contributed by atoms with Gasteiger partial charge in [-0.1, -0.05) is 20.8 Å². The molecule has 0 spiro atoms. The molecule has 2 rings (SSSR count). The molecule has 2 heterocycles. The molecule has 0 fully saturated rings. The molecule has 2 aromatic rings. The van der Waals surface area contributed by atoms with Crippen LogP contribution in [0.3, 0.4) is 0 Å². The molecule has 0 atom stereocenters. The summed E-state index contributed by atoms with van der Waals surface area (Å²) < 4.78 is 3.00. The number of aromatic nitrogens is 4. The molecule has 102 valence electrons. The average Bonchev–Trinajstić information content (AvgIpc) is 2.81. The quantitative estimate of drug-likeness (QED) is 0.839. The molecule has 0 aliphatic rings. The van der Waals surface area contributed by atoms with Crippen molar-refractivity contribution in [3.8, 4) is 11.5 Å². The van der Waals surface area contributed by atoms with Gasteiger partial charge in [0.05, 0.1) is 21.8 Å². The molecular formula is C13H18IN5. The zero-order valence-electron chi connectivity index (χ0n) is 11.4.